The third kappa shape index (κ3) is 1.90. The van der Waals surface area contributed by atoms with E-state index in [0.717, 1.165) is 43.9 Å². The van der Waals surface area contributed by atoms with Gasteiger partial charge in [-0.15, -0.1) is 0 Å². The minimum Gasteiger partial charge on any atom is -0.348 e. The van der Waals surface area contributed by atoms with Gasteiger partial charge in [0.05, 0.1) is 13.2 Å². The highest BCUT2D eigenvalue weighted by atomic mass is 16.7. The van der Waals surface area contributed by atoms with Gasteiger partial charge in [0.1, 0.15) is 0 Å². The lowest BCUT2D eigenvalue weighted by molar-refractivity contribution is -0.183. The van der Waals surface area contributed by atoms with Gasteiger partial charge in [0, 0.05) is 32.0 Å². The molecular formula is C14H24N2O2. The van der Waals surface area contributed by atoms with Crippen LogP contribution >= 0.6 is 0 Å². The number of nitrogens with zero attached hydrogens (tertiary/aromatic N) is 1. The van der Waals surface area contributed by atoms with E-state index in [-0.39, 0.29) is 5.79 Å². The molecule has 4 heteroatoms. The minimum atomic E-state index is -0.187. The molecule has 3 aliphatic heterocycles. The zero-order chi connectivity index (χ0) is 12.0. The monoisotopic (exact) mass is 252 g/mol. The van der Waals surface area contributed by atoms with Crippen LogP contribution in [0, 0.1) is 11.8 Å². The molecule has 18 heavy (non-hydrogen) atoms. The molecule has 4 rings (SSSR count). The second-order valence-electron chi connectivity index (χ2n) is 6.47. The van der Waals surface area contributed by atoms with Crippen molar-refractivity contribution in [2.45, 2.75) is 37.5 Å². The second kappa shape index (κ2) is 4.44. The molecule has 1 aliphatic carbocycles. The third-order valence-electron chi connectivity index (χ3n) is 5.46. The molecule has 0 aromatic heterocycles. The van der Waals surface area contributed by atoms with E-state index in [1.807, 2.05) is 0 Å². The molecule has 4 aliphatic rings. The van der Waals surface area contributed by atoms with E-state index in [4.69, 9.17) is 9.47 Å². The van der Waals surface area contributed by atoms with Crippen molar-refractivity contribution in [3.63, 3.8) is 0 Å². The highest BCUT2D eigenvalue weighted by Gasteiger charge is 2.44. The average Bonchev–Trinajstić information content (AvgIpc) is 3.05. The molecule has 0 aromatic carbocycles. The van der Waals surface area contributed by atoms with Crippen molar-refractivity contribution in [2.75, 3.05) is 39.4 Å². The summed E-state index contributed by atoms with van der Waals surface area (Å²) in [6.45, 7) is 6.70. The summed E-state index contributed by atoms with van der Waals surface area (Å²) in [7, 11) is 0. The highest BCUT2D eigenvalue weighted by Crippen LogP contribution is 2.39. The van der Waals surface area contributed by atoms with Crippen molar-refractivity contribution >= 4 is 0 Å². The van der Waals surface area contributed by atoms with Crippen molar-refractivity contribution in [1.82, 2.24) is 10.2 Å². The molecule has 1 saturated carbocycles. The van der Waals surface area contributed by atoms with Gasteiger partial charge in [-0.25, -0.2) is 0 Å². The molecule has 4 fully saturated rings. The molecule has 1 N–H and O–H groups in total. The van der Waals surface area contributed by atoms with E-state index in [2.05, 4.69) is 10.2 Å². The first-order valence-electron chi connectivity index (χ1n) is 7.57. The van der Waals surface area contributed by atoms with Gasteiger partial charge >= 0.3 is 0 Å². The van der Waals surface area contributed by atoms with Crippen LogP contribution in [0.1, 0.15) is 25.7 Å². The van der Waals surface area contributed by atoms with Gasteiger partial charge in [-0.2, -0.15) is 0 Å². The van der Waals surface area contributed by atoms with Crippen LogP contribution < -0.4 is 5.32 Å². The summed E-state index contributed by atoms with van der Waals surface area (Å²) < 4.78 is 11.6. The SMILES string of the molecule is C1COC2(CCC(N3CC4CNCC4C3)CC2)O1. The normalized spacial score (nSPS) is 40.7. The van der Waals surface area contributed by atoms with E-state index in [0.29, 0.717) is 0 Å². The van der Waals surface area contributed by atoms with Crippen molar-refractivity contribution < 1.29 is 9.47 Å². The van der Waals surface area contributed by atoms with Crippen LogP contribution in [0.15, 0.2) is 0 Å². The Hall–Kier alpha value is -0.160. The number of hydrogen-bond acceptors (Lipinski definition) is 4. The van der Waals surface area contributed by atoms with Crippen molar-refractivity contribution in [1.29, 1.82) is 0 Å². The van der Waals surface area contributed by atoms with E-state index in [1.54, 1.807) is 0 Å². The molecule has 0 bridgehead atoms. The second-order valence-corrected chi connectivity index (χ2v) is 6.47. The van der Waals surface area contributed by atoms with Gasteiger partial charge in [0.2, 0.25) is 0 Å². The van der Waals surface area contributed by atoms with Gasteiger partial charge in [0.25, 0.3) is 0 Å². The predicted octanol–water partition coefficient (Wildman–Crippen LogP) is 0.823. The van der Waals surface area contributed by atoms with Crippen LogP contribution in [0.4, 0.5) is 0 Å². The standard InChI is InChI=1S/C14H24N2O2/c1-3-14(17-5-6-18-14)4-2-13(1)16-9-11-7-15-8-12(11)10-16/h11-13,15H,1-10H2. The quantitative estimate of drug-likeness (QED) is 0.749. The Kier molecular flexibility index (Phi) is 2.87. The van der Waals surface area contributed by atoms with Crippen LogP contribution in [-0.2, 0) is 9.47 Å². The summed E-state index contributed by atoms with van der Waals surface area (Å²) in [4.78, 5) is 2.75. The number of likely N-dealkylation sites (tertiary alicyclic amines) is 1. The summed E-state index contributed by atoms with van der Waals surface area (Å²) >= 11 is 0. The van der Waals surface area contributed by atoms with Gasteiger partial charge in [-0.3, -0.25) is 4.90 Å². The largest absolute Gasteiger partial charge is 0.348 e. The first kappa shape index (κ1) is 11.6. The fraction of sp³-hybridized carbons (Fsp3) is 1.00. The van der Waals surface area contributed by atoms with Crippen LogP contribution in [0.3, 0.4) is 0 Å². The van der Waals surface area contributed by atoms with Gasteiger partial charge in [-0.1, -0.05) is 0 Å². The predicted molar refractivity (Wildman–Crippen MR) is 68.3 cm³/mol. The molecular weight excluding hydrogens is 228 g/mol. The summed E-state index contributed by atoms with van der Waals surface area (Å²) in [5, 5.41) is 3.52. The van der Waals surface area contributed by atoms with E-state index < -0.39 is 0 Å². The first-order valence-corrected chi connectivity index (χ1v) is 7.57. The molecule has 4 nitrogen and oxygen atoms in total. The lowest BCUT2D eigenvalue weighted by Crippen LogP contribution is -2.44. The number of fused-ring (bicyclic) bond motifs is 1. The summed E-state index contributed by atoms with van der Waals surface area (Å²) in [5.41, 5.74) is 0. The molecule has 0 aromatic rings. The van der Waals surface area contributed by atoms with Crippen LogP contribution in [-0.4, -0.2) is 56.1 Å². The molecule has 1 spiro atoms. The number of nitrogens with one attached hydrogen (secondary N) is 1. The topological polar surface area (TPSA) is 33.7 Å². The molecule has 0 radical (unpaired) electrons. The van der Waals surface area contributed by atoms with Crippen LogP contribution in [0.2, 0.25) is 0 Å². The zero-order valence-electron chi connectivity index (χ0n) is 11.1. The number of hydrogen-bond donors (Lipinski definition) is 1. The van der Waals surface area contributed by atoms with Crippen LogP contribution in [0.5, 0.6) is 0 Å². The van der Waals surface area contributed by atoms with E-state index in [1.165, 1.54) is 39.0 Å². The molecule has 102 valence electrons. The fourth-order valence-corrected chi connectivity index (χ4v) is 4.38. The number of rotatable bonds is 1. The molecule has 2 unspecified atom stereocenters. The van der Waals surface area contributed by atoms with E-state index >= 15 is 0 Å². The molecule has 2 atom stereocenters. The smallest absolute Gasteiger partial charge is 0.168 e. The summed E-state index contributed by atoms with van der Waals surface area (Å²) in [6, 6.07) is 0.786. The number of ether oxygens (including phenoxy) is 2. The minimum absolute atomic E-state index is 0.187. The zero-order valence-corrected chi connectivity index (χ0v) is 11.1. The van der Waals surface area contributed by atoms with Gasteiger partial charge in [0.15, 0.2) is 5.79 Å². The Bertz CT molecular complexity index is 295. The third-order valence-corrected chi connectivity index (χ3v) is 5.46. The van der Waals surface area contributed by atoms with Crippen molar-refractivity contribution in [3.8, 4) is 0 Å². The van der Waals surface area contributed by atoms with E-state index in [9.17, 15) is 0 Å². The average molecular weight is 252 g/mol. The maximum absolute atomic E-state index is 5.82. The first-order chi connectivity index (χ1) is 8.85. The Morgan fingerprint density at radius 3 is 2.17 bits per heavy atom. The summed E-state index contributed by atoms with van der Waals surface area (Å²) in [5.74, 6) is 1.65. The maximum Gasteiger partial charge on any atom is 0.168 e. The Morgan fingerprint density at radius 2 is 1.56 bits per heavy atom. The molecule has 0 amide bonds. The van der Waals surface area contributed by atoms with Gasteiger partial charge in [-0.05, 0) is 37.8 Å². The van der Waals surface area contributed by atoms with Crippen LogP contribution in [0.25, 0.3) is 0 Å². The molecule has 3 heterocycles. The van der Waals surface area contributed by atoms with Crippen molar-refractivity contribution in [3.05, 3.63) is 0 Å². The van der Waals surface area contributed by atoms with Crippen molar-refractivity contribution in [2.24, 2.45) is 11.8 Å². The maximum atomic E-state index is 5.82. The fourth-order valence-electron chi connectivity index (χ4n) is 4.38. The highest BCUT2D eigenvalue weighted by molar-refractivity contribution is 4.95. The Balaban J connectivity index is 1.35. The molecule has 3 saturated heterocycles. The Morgan fingerprint density at radius 1 is 0.944 bits per heavy atom. The lowest BCUT2D eigenvalue weighted by atomic mass is 9.89. The van der Waals surface area contributed by atoms with Gasteiger partial charge < -0.3 is 14.8 Å². The lowest BCUT2D eigenvalue weighted by Gasteiger charge is -2.39. The summed E-state index contributed by atoms with van der Waals surface area (Å²) in [6.07, 6.45) is 4.71. The Labute approximate surface area is 109 Å².